The van der Waals surface area contributed by atoms with Gasteiger partial charge in [-0.3, -0.25) is 4.79 Å². The Morgan fingerprint density at radius 1 is 1.19 bits per heavy atom. The van der Waals surface area contributed by atoms with Crippen LogP contribution in [0.1, 0.15) is 5.56 Å². The number of nitrogens with one attached hydrogen (secondary N) is 2. The van der Waals surface area contributed by atoms with Gasteiger partial charge in [-0.1, -0.05) is 29.6 Å². The maximum absolute atomic E-state index is 10.6. The molecule has 4 rings (SSSR count). The van der Waals surface area contributed by atoms with Crippen molar-refractivity contribution in [1.29, 1.82) is 0 Å². The zero-order valence-corrected chi connectivity index (χ0v) is 15.7. The van der Waals surface area contributed by atoms with E-state index in [1.165, 1.54) is 11.8 Å². The highest BCUT2D eigenvalue weighted by molar-refractivity contribution is 8.00. The van der Waals surface area contributed by atoms with Crippen molar-refractivity contribution < 1.29 is 9.90 Å². The lowest BCUT2D eigenvalue weighted by molar-refractivity contribution is -0.133. The van der Waals surface area contributed by atoms with E-state index in [1.807, 2.05) is 12.1 Å². The number of hydrogen-bond acceptors (Lipinski definition) is 8. The average molecular weight is 397 g/mol. The number of benzene rings is 1. The van der Waals surface area contributed by atoms with Gasteiger partial charge in [-0.15, -0.1) is 0 Å². The molecule has 0 spiro atoms. The van der Waals surface area contributed by atoms with Gasteiger partial charge in [-0.25, -0.2) is 15.0 Å². The van der Waals surface area contributed by atoms with Crippen LogP contribution in [0.15, 0.2) is 63.9 Å². The molecule has 0 radical (unpaired) electrons. The fourth-order valence-corrected chi connectivity index (χ4v) is 3.94. The van der Waals surface area contributed by atoms with Gasteiger partial charge in [0.1, 0.15) is 5.03 Å². The largest absolute Gasteiger partial charge is 0.481 e. The molecule has 0 saturated carbocycles. The Morgan fingerprint density at radius 3 is 2.89 bits per heavy atom. The van der Waals surface area contributed by atoms with Gasteiger partial charge >= 0.3 is 5.97 Å². The minimum Gasteiger partial charge on any atom is -0.481 e. The zero-order chi connectivity index (χ0) is 18.6. The summed E-state index contributed by atoms with van der Waals surface area (Å²) >= 11 is 2.80. The van der Waals surface area contributed by atoms with E-state index in [-0.39, 0.29) is 5.75 Å². The molecule has 3 aromatic rings. The molecule has 9 heteroatoms. The van der Waals surface area contributed by atoms with Gasteiger partial charge in [-0.2, -0.15) is 0 Å². The molecule has 0 unspecified atom stereocenters. The van der Waals surface area contributed by atoms with Crippen molar-refractivity contribution in [3.63, 3.8) is 0 Å². The molecule has 0 atom stereocenters. The number of carboxylic acid groups (broad SMARTS) is 1. The van der Waals surface area contributed by atoms with E-state index < -0.39 is 5.97 Å². The van der Waals surface area contributed by atoms with Crippen molar-refractivity contribution in [3.8, 4) is 0 Å². The molecule has 3 N–H and O–H groups in total. The Morgan fingerprint density at radius 2 is 2.07 bits per heavy atom. The normalized spacial score (nSPS) is 11.9. The molecule has 0 aliphatic carbocycles. The van der Waals surface area contributed by atoms with Crippen LogP contribution in [0.5, 0.6) is 0 Å². The second-order valence-electron chi connectivity index (χ2n) is 5.69. The molecule has 136 valence electrons. The number of pyridine rings is 1. The summed E-state index contributed by atoms with van der Waals surface area (Å²) in [6, 6.07) is 9.96. The van der Waals surface area contributed by atoms with Crippen LogP contribution >= 0.6 is 23.5 Å². The molecule has 1 aliphatic rings. The monoisotopic (exact) mass is 397 g/mol. The topological polar surface area (TPSA) is 100 Å². The van der Waals surface area contributed by atoms with Crippen molar-refractivity contribution >= 4 is 46.7 Å². The molecular weight excluding hydrogens is 382 g/mol. The number of thioether (sulfide) groups is 1. The predicted octanol–water partition coefficient (Wildman–Crippen LogP) is 3.87. The number of anilines is 3. The summed E-state index contributed by atoms with van der Waals surface area (Å²) in [5, 5.41) is 16.9. The van der Waals surface area contributed by atoms with E-state index in [1.54, 1.807) is 30.4 Å². The van der Waals surface area contributed by atoms with Gasteiger partial charge in [0, 0.05) is 23.8 Å². The lowest BCUT2D eigenvalue weighted by atomic mass is 10.2. The SMILES string of the molecule is O=C(O)CSc1ccc(NCc2ccc3c(c2)Nc2nccnc2S3)cn1. The first-order valence-corrected chi connectivity index (χ1v) is 9.91. The van der Waals surface area contributed by atoms with E-state index in [0.29, 0.717) is 11.6 Å². The number of aromatic nitrogens is 3. The Balaban J connectivity index is 1.39. The van der Waals surface area contributed by atoms with Gasteiger partial charge < -0.3 is 15.7 Å². The maximum Gasteiger partial charge on any atom is 0.313 e. The number of nitrogens with zero attached hydrogens (tertiary/aromatic N) is 3. The smallest absolute Gasteiger partial charge is 0.313 e. The summed E-state index contributed by atoms with van der Waals surface area (Å²) in [5.41, 5.74) is 3.02. The molecule has 27 heavy (non-hydrogen) atoms. The highest BCUT2D eigenvalue weighted by Crippen LogP contribution is 2.42. The standard InChI is InChI=1S/C18H15N5O2S2/c24-16(25)10-26-15-4-2-12(9-22-15)21-8-11-1-3-14-13(7-11)23-17-18(27-14)20-6-5-19-17/h1-7,9,21H,8,10H2,(H,19,23)(H,24,25). The summed E-state index contributed by atoms with van der Waals surface area (Å²) in [6.45, 7) is 0.649. The van der Waals surface area contributed by atoms with E-state index >= 15 is 0 Å². The fourth-order valence-electron chi connectivity index (χ4n) is 2.50. The highest BCUT2D eigenvalue weighted by atomic mass is 32.2. The highest BCUT2D eigenvalue weighted by Gasteiger charge is 2.17. The third kappa shape index (κ3) is 4.32. The summed E-state index contributed by atoms with van der Waals surface area (Å²) in [6.07, 6.45) is 5.08. The van der Waals surface area contributed by atoms with Gasteiger partial charge in [0.25, 0.3) is 0 Å². The number of carboxylic acids is 1. The van der Waals surface area contributed by atoms with Crippen LogP contribution < -0.4 is 10.6 Å². The first-order valence-electron chi connectivity index (χ1n) is 8.11. The summed E-state index contributed by atoms with van der Waals surface area (Å²) < 4.78 is 0. The minimum absolute atomic E-state index is 0.00736. The molecule has 3 heterocycles. The molecule has 1 aromatic carbocycles. The minimum atomic E-state index is -0.850. The van der Waals surface area contributed by atoms with Crippen molar-refractivity contribution in [2.75, 3.05) is 16.4 Å². The molecule has 2 aromatic heterocycles. The molecule has 0 amide bonds. The lowest BCUT2D eigenvalue weighted by Gasteiger charge is -2.19. The summed E-state index contributed by atoms with van der Waals surface area (Å²) in [4.78, 5) is 24.6. The first-order chi connectivity index (χ1) is 13.2. The molecule has 0 saturated heterocycles. The average Bonchev–Trinajstić information content (AvgIpc) is 2.69. The number of rotatable bonds is 6. The van der Waals surface area contributed by atoms with Crippen molar-refractivity contribution in [1.82, 2.24) is 15.0 Å². The van der Waals surface area contributed by atoms with Gasteiger partial charge in [-0.05, 0) is 29.8 Å². The number of fused-ring (bicyclic) bond motifs is 2. The Kier molecular flexibility index (Phi) is 5.12. The van der Waals surface area contributed by atoms with Crippen LogP contribution in [0.4, 0.5) is 17.2 Å². The molecule has 1 aliphatic heterocycles. The third-order valence-corrected chi connectivity index (χ3v) is 5.74. The first kappa shape index (κ1) is 17.6. The van der Waals surface area contributed by atoms with E-state index in [4.69, 9.17) is 5.11 Å². The van der Waals surface area contributed by atoms with Crippen molar-refractivity contribution in [3.05, 3.63) is 54.5 Å². The number of carbonyl (C=O) groups is 1. The summed E-state index contributed by atoms with van der Waals surface area (Å²) in [7, 11) is 0. The third-order valence-electron chi connectivity index (χ3n) is 3.74. The van der Waals surface area contributed by atoms with Crippen LogP contribution in [0.2, 0.25) is 0 Å². The van der Waals surface area contributed by atoms with Crippen LogP contribution in [-0.4, -0.2) is 31.8 Å². The molecule has 7 nitrogen and oxygen atoms in total. The number of aliphatic carboxylic acids is 1. The number of hydrogen-bond donors (Lipinski definition) is 3. The second kappa shape index (κ2) is 7.85. The van der Waals surface area contributed by atoms with Crippen LogP contribution in [0.25, 0.3) is 0 Å². The van der Waals surface area contributed by atoms with Gasteiger partial charge in [0.15, 0.2) is 5.82 Å². The zero-order valence-electron chi connectivity index (χ0n) is 14.0. The van der Waals surface area contributed by atoms with Crippen molar-refractivity contribution in [2.24, 2.45) is 0 Å². The molecule has 0 fully saturated rings. The van der Waals surface area contributed by atoms with Crippen LogP contribution in [0.3, 0.4) is 0 Å². The maximum atomic E-state index is 10.6. The van der Waals surface area contributed by atoms with Gasteiger partial charge in [0.05, 0.1) is 28.4 Å². The quantitative estimate of drug-likeness (QED) is 0.419. The van der Waals surface area contributed by atoms with Crippen molar-refractivity contribution in [2.45, 2.75) is 21.5 Å². The lowest BCUT2D eigenvalue weighted by Crippen LogP contribution is -2.05. The molecule has 0 bridgehead atoms. The van der Waals surface area contributed by atoms with E-state index in [9.17, 15) is 4.79 Å². The van der Waals surface area contributed by atoms with Crippen LogP contribution in [-0.2, 0) is 11.3 Å². The Bertz CT molecular complexity index is 982. The fraction of sp³-hybridized carbons (Fsp3) is 0.111. The second-order valence-corrected chi connectivity index (χ2v) is 7.72. The Hall–Kier alpha value is -2.78. The molecular formula is C18H15N5O2S2. The van der Waals surface area contributed by atoms with Crippen LogP contribution in [0, 0.1) is 0 Å². The Labute approximate surface area is 164 Å². The van der Waals surface area contributed by atoms with Gasteiger partial charge in [0.2, 0.25) is 0 Å². The van der Waals surface area contributed by atoms with E-state index in [0.717, 1.165) is 32.7 Å². The van der Waals surface area contributed by atoms with E-state index in [2.05, 4.69) is 43.8 Å². The predicted molar refractivity (Wildman–Crippen MR) is 106 cm³/mol. The summed E-state index contributed by atoms with van der Waals surface area (Å²) in [5.74, 6) is -0.0662.